The van der Waals surface area contributed by atoms with Crippen molar-refractivity contribution in [3.8, 4) is 6.07 Å². The number of hydrogen-bond acceptors (Lipinski definition) is 2. The third-order valence-electron chi connectivity index (χ3n) is 1.76. The molecule has 6 heteroatoms. The molecule has 1 heterocycles. The molecule has 0 fully saturated rings. The molecule has 0 aliphatic heterocycles. The van der Waals surface area contributed by atoms with E-state index in [4.69, 9.17) is 5.26 Å². The maximum Gasteiger partial charge on any atom is 0.280 e. The van der Waals surface area contributed by atoms with Crippen LogP contribution in [0, 0.1) is 17.1 Å². The van der Waals surface area contributed by atoms with Gasteiger partial charge in [0.1, 0.15) is 11.5 Å². The summed E-state index contributed by atoms with van der Waals surface area (Å²) in [4.78, 5) is 3.55. The first kappa shape index (κ1) is 12.0. The molecule has 0 bridgehead atoms. The van der Waals surface area contributed by atoms with Gasteiger partial charge in [-0.3, -0.25) is 4.98 Å². The largest absolute Gasteiger partial charge is 0.280 e. The van der Waals surface area contributed by atoms with Gasteiger partial charge in [-0.25, -0.2) is 13.2 Å². The number of halogens is 4. The number of nitrogens with zero attached hydrogens (tertiary/aromatic N) is 2. The molecule has 0 radical (unpaired) electrons. The maximum absolute atomic E-state index is 13.3. The molecule has 0 N–H and O–H groups in total. The van der Waals surface area contributed by atoms with Crippen molar-refractivity contribution in [2.45, 2.75) is 18.2 Å². The molecule has 1 aromatic rings. The summed E-state index contributed by atoms with van der Waals surface area (Å²) in [6.07, 6.45) is -3.02. The Morgan fingerprint density at radius 3 is 2.67 bits per heavy atom. The fourth-order valence-electron chi connectivity index (χ4n) is 1.09. The smallest absolute Gasteiger partial charge is 0.250 e. The molecule has 1 aromatic heterocycles. The fourth-order valence-corrected chi connectivity index (χ4v) is 1.65. The topological polar surface area (TPSA) is 36.7 Å². The van der Waals surface area contributed by atoms with E-state index in [0.717, 1.165) is 6.07 Å². The fraction of sp³-hybridized carbons (Fsp3) is 0.333. The molecule has 80 valence electrons. The van der Waals surface area contributed by atoms with Crippen LogP contribution in [0.25, 0.3) is 0 Å². The van der Waals surface area contributed by atoms with E-state index in [1.807, 2.05) is 0 Å². The molecule has 0 aromatic carbocycles. The minimum atomic E-state index is -2.84. The third kappa shape index (κ3) is 2.69. The predicted molar refractivity (Wildman–Crippen MR) is 51.1 cm³/mol. The molecular weight excluding hydrogens is 273 g/mol. The van der Waals surface area contributed by atoms with E-state index < -0.39 is 17.9 Å². The molecule has 0 aliphatic rings. The van der Waals surface area contributed by atoms with E-state index in [1.54, 1.807) is 6.07 Å². The van der Waals surface area contributed by atoms with Crippen molar-refractivity contribution in [2.24, 2.45) is 0 Å². The summed E-state index contributed by atoms with van der Waals surface area (Å²) < 4.78 is 38.2. The highest BCUT2D eigenvalue weighted by Crippen LogP contribution is 2.25. The second-order valence-electron chi connectivity index (χ2n) is 2.73. The molecule has 0 aliphatic carbocycles. The van der Waals surface area contributed by atoms with Gasteiger partial charge in [0.05, 0.1) is 18.2 Å². The second kappa shape index (κ2) is 5.12. The second-order valence-corrected chi connectivity index (χ2v) is 3.29. The van der Waals surface area contributed by atoms with Gasteiger partial charge < -0.3 is 0 Å². The molecule has 0 atom stereocenters. The molecule has 0 saturated carbocycles. The normalized spacial score (nSPS) is 10.4. The first-order chi connectivity index (χ1) is 7.10. The molecule has 2 nitrogen and oxygen atoms in total. The van der Waals surface area contributed by atoms with E-state index >= 15 is 0 Å². The molecule has 1 rings (SSSR count). The van der Waals surface area contributed by atoms with Crippen molar-refractivity contribution in [2.75, 3.05) is 0 Å². The van der Waals surface area contributed by atoms with Crippen LogP contribution in [0.5, 0.6) is 0 Å². The highest BCUT2D eigenvalue weighted by Gasteiger charge is 2.19. The molecule has 15 heavy (non-hydrogen) atoms. The molecule has 0 amide bonds. The van der Waals surface area contributed by atoms with E-state index in [1.165, 1.54) is 0 Å². The predicted octanol–water partition coefficient (Wildman–Crippen LogP) is 3.12. The maximum atomic E-state index is 13.3. The number of rotatable bonds is 3. The van der Waals surface area contributed by atoms with Gasteiger partial charge in [0.2, 0.25) is 0 Å². The van der Waals surface area contributed by atoms with Gasteiger partial charge in [-0.05, 0) is 6.07 Å². The highest BCUT2D eigenvalue weighted by atomic mass is 79.9. The Balaban J connectivity index is 3.27. The van der Waals surface area contributed by atoms with Crippen LogP contribution >= 0.6 is 15.9 Å². The standard InChI is InChI=1S/C9H6BrF3N2/c10-4-6-7(11)3-5(1-2-14)15-8(6)9(12)13/h3,9H,1,4H2. The van der Waals surface area contributed by atoms with E-state index in [2.05, 4.69) is 20.9 Å². The van der Waals surface area contributed by atoms with Crippen LogP contribution in [-0.2, 0) is 11.8 Å². The quantitative estimate of drug-likeness (QED) is 0.797. The lowest BCUT2D eigenvalue weighted by Gasteiger charge is -2.08. The first-order valence-corrected chi connectivity index (χ1v) is 5.11. The van der Waals surface area contributed by atoms with Gasteiger partial charge in [-0.1, -0.05) is 15.9 Å². The Hall–Kier alpha value is -1.09. The van der Waals surface area contributed by atoms with Crippen LogP contribution in [0.2, 0.25) is 0 Å². The van der Waals surface area contributed by atoms with E-state index in [-0.39, 0.29) is 23.0 Å². The Morgan fingerprint density at radius 1 is 1.53 bits per heavy atom. The van der Waals surface area contributed by atoms with Gasteiger partial charge in [0.15, 0.2) is 0 Å². The van der Waals surface area contributed by atoms with E-state index in [0.29, 0.717) is 0 Å². The lowest BCUT2D eigenvalue weighted by Crippen LogP contribution is -2.04. The SMILES string of the molecule is N#CCc1cc(F)c(CBr)c(C(F)F)n1. The summed E-state index contributed by atoms with van der Waals surface area (Å²) in [7, 11) is 0. The van der Waals surface area contributed by atoms with Crippen LogP contribution in [0.15, 0.2) is 6.07 Å². The van der Waals surface area contributed by atoms with Gasteiger partial charge in [0, 0.05) is 10.9 Å². The van der Waals surface area contributed by atoms with Crippen LogP contribution < -0.4 is 0 Å². The summed E-state index contributed by atoms with van der Waals surface area (Å²) in [6, 6.07) is 2.73. The van der Waals surface area contributed by atoms with Crippen LogP contribution in [0.1, 0.15) is 23.4 Å². The van der Waals surface area contributed by atoms with E-state index in [9.17, 15) is 13.2 Å². The molecular formula is C9H6BrF3N2. The van der Waals surface area contributed by atoms with Crippen molar-refractivity contribution in [1.82, 2.24) is 4.98 Å². The van der Waals surface area contributed by atoms with Crippen molar-refractivity contribution in [3.63, 3.8) is 0 Å². The van der Waals surface area contributed by atoms with Crippen molar-refractivity contribution < 1.29 is 13.2 Å². The minimum absolute atomic E-state index is 0.0231. The molecule has 0 saturated heterocycles. The summed E-state index contributed by atoms with van der Waals surface area (Å²) in [6.45, 7) is 0. The number of hydrogen-bond donors (Lipinski definition) is 0. The summed E-state index contributed by atoms with van der Waals surface area (Å²) in [5.74, 6) is -0.762. The van der Waals surface area contributed by atoms with Crippen LogP contribution in [0.3, 0.4) is 0 Å². The van der Waals surface area contributed by atoms with Crippen molar-refractivity contribution in [1.29, 1.82) is 5.26 Å². The number of alkyl halides is 3. The summed E-state index contributed by atoms with van der Waals surface area (Å²) >= 11 is 2.91. The zero-order valence-corrected chi connectivity index (χ0v) is 9.06. The van der Waals surface area contributed by atoms with Crippen molar-refractivity contribution >= 4 is 15.9 Å². The lowest BCUT2D eigenvalue weighted by molar-refractivity contribution is 0.144. The number of aromatic nitrogens is 1. The van der Waals surface area contributed by atoms with Gasteiger partial charge >= 0.3 is 0 Å². The lowest BCUT2D eigenvalue weighted by atomic mass is 10.1. The van der Waals surface area contributed by atoms with Gasteiger partial charge in [-0.15, -0.1) is 0 Å². The zero-order chi connectivity index (χ0) is 11.4. The Bertz CT molecular complexity index is 401. The van der Waals surface area contributed by atoms with Crippen LogP contribution in [-0.4, -0.2) is 4.98 Å². The summed E-state index contributed by atoms with van der Waals surface area (Å²) in [5, 5.41) is 8.33. The van der Waals surface area contributed by atoms with Crippen LogP contribution in [0.4, 0.5) is 13.2 Å². The van der Waals surface area contributed by atoms with Gasteiger partial charge in [-0.2, -0.15) is 5.26 Å². The first-order valence-electron chi connectivity index (χ1n) is 3.99. The number of nitriles is 1. The highest BCUT2D eigenvalue weighted by molar-refractivity contribution is 9.08. The Kier molecular flexibility index (Phi) is 4.09. The van der Waals surface area contributed by atoms with Crippen molar-refractivity contribution in [3.05, 3.63) is 28.8 Å². The number of pyridine rings is 1. The van der Waals surface area contributed by atoms with Gasteiger partial charge in [0.25, 0.3) is 6.43 Å². The molecule has 0 unspecified atom stereocenters. The Morgan fingerprint density at radius 2 is 2.20 bits per heavy atom. The Labute approximate surface area is 92.9 Å². The monoisotopic (exact) mass is 278 g/mol. The average molecular weight is 279 g/mol. The minimum Gasteiger partial charge on any atom is -0.250 e. The third-order valence-corrected chi connectivity index (χ3v) is 2.32. The zero-order valence-electron chi connectivity index (χ0n) is 7.48. The summed E-state index contributed by atoms with van der Waals surface area (Å²) in [5.41, 5.74) is -0.737. The average Bonchev–Trinajstić information content (AvgIpc) is 2.17. The molecule has 0 spiro atoms.